The van der Waals surface area contributed by atoms with Crippen molar-refractivity contribution >= 4 is 51.1 Å². The summed E-state index contributed by atoms with van der Waals surface area (Å²) in [6.07, 6.45) is 0.824. The predicted octanol–water partition coefficient (Wildman–Crippen LogP) is 8.89. The second-order valence-electron chi connectivity index (χ2n) is 11.6. The fourth-order valence-corrected chi connectivity index (χ4v) is 8.98. The molecule has 0 fully saturated rings. The van der Waals surface area contributed by atoms with Gasteiger partial charge in [0.15, 0.2) is 0 Å². The quantitative estimate of drug-likeness (QED) is 0.140. The number of benzene rings is 6. The highest BCUT2D eigenvalue weighted by Gasteiger charge is 2.29. The second-order valence-corrected chi connectivity index (χ2v) is 15.9. The lowest BCUT2D eigenvalue weighted by molar-refractivity contribution is 0.618. The van der Waals surface area contributed by atoms with Crippen LogP contribution >= 0.6 is 7.92 Å². The van der Waals surface area contributed by atoms with Crippen LogP contribution in [0.15, 0.2) is 140 Å². The molecule has 0 aliphatic heterocycles. The number of fused-ring (bicyclic) bond motifs is 2. The Kier molecular flexibility index (Phi) is 8.36. The van der Waals surface area contributed by atoms with Crippen molar-refractivity contribution in [2.45, 2.75) is 31.6 Å². The van der Waals surface area contributed by atoms with Gasteiger partial charge in [-0.3, -0.25) is 0 Å². The van der Waals surface area contributed by atoms with E-state index in [4.69, 9.17) is 0 Å². The molecule has 0 aliphatic carbocycles. The zero-order valence-electron chi connectivity index (χ0n) is 24.3. The SMILES string of the molecule is CC(C)(C)S(=O)NC(CP(c1ccccc1)c1ccccc1)c1ccccc1-c1c2ccccc2cc2ccccc12. The smallest absolute Gasteiger partial charge is 0.0976 e. The van der Waals surface area contributed by atoms with E-state index in [1.807, 2.05) is 20.8 Å². The molecule has 210 valence electrons. The van der Waals surface area contributed by atoms with E-state index in [1.54, 1.807) is 0 Å². The van der Waals surface area contributed by atoms with E-state index in [9.17, 15) is 4.21 Å². The molecule has 0 radical (unpaired) electrons. The van der Waals surface area contributed by atoms with Gasteiger partial charge in [-0.1, -0.05) is 133 Å². The average molecular weight is 586 g/mol. The number of rotatable bonds is 8. The van der Waals surface area contributed by atoms with Gasteiger partial charge in [-0.25, -0.2) is 8.93 Å². The van der Waals surface area contributed by atoms with Crippen LogP contribution in [0.5, 0.6) is 0 Å². The maximum absolute atomic E-state index is 13.8. The van der Waals surface area contributed by atoms with Gasteiger partial charge in [0.2, 0.25) is 0 Å². The maximum atomic E-state index is 13.8. The molecule has 0 heterocycles. The summed E-state index contributed by atoms with van der Waals surface area (Å²) < 4.78 is 17.0. The van der Waals surface area contributed by atoms with Crippen molar-refractivity contribution in [3.05, 3.63) is 145 Å². The number of hydrogen-bond acceptors (Lipinski definition) is 1. The Hall–Kier alpha value is -3.62. The first-order valence-electron chi connectivity index (χ1n) is 14.5. The largest absolute Gasteiger partial charge is 0.242 e. The molecule has 0 saturated heterocycles. The molecule has 6 rings (SSSR count). The minimum atomic E-state index is -1.26. The normalized spacial score (nSPS) is 13.4. The highest BCUT2D eigenvalue weighted by atomic mass is 32.2. The molecule has 2 nitrogen and oxygen atoms in total. The topological polar surface area (TPSA) is 29.1 Å². The zero-order chi connectivity index (χ0) is 29.1. The molecule has 0 saturated carbocycles. The van der Waals surface area contributed by atoms with Crippen LogP contribution in [0.1, 0.15) is 32.4 Å². The third kappa shape index (κ3) is 5.96. The van der Waals surface area contributed by atoms with Gasteiger partial charge < -0.3 is 0 Å². The van der Waals surface area contributed by atoms with Crippen LogP contribution in [0, 0.1) is 0 Å². The summed E-state index contributed by atoms with van der Waals surface area (Å²) in [5, 5.41) is 7.54. The van der Waals surface area contributed by atoms with Crippen molar-refractivity contribution in [2.75, 3.05) is 6.16 Å². The van der Waals surface area contributed by atoms with Crippen molar-refractivity contribution < 1.29 is 4.21 Å². The van der Waals surface area contributed by atoms with Gasteiger partial charge in [0.05, 0.1) is 15.7 Å². The zero-order valence-corrected chi connectivity index (χ0v) is 26.0. The Labute approximate surface area is 253 Å². The monoisotopic (exact) mass is 585 g/mol. The van der Waals surface area contributed by atoms with Crippen LogP contribution in [-0.2, 0) is 11.0 Å². The van der Waals surface area contributed by atoms with Crippen LogP contribution in [0.3, 0.4) is 0 Å². The van der Waals surface area contributed by atoms with Crippen molar-refractivity contribution in [1.29, 1.82) is 0 Å². The third-order valence-electron chi connectivity index (χ3n) is 7.68. The second kappa shape index (κ2) is 12.3. The highest BCUT2D eigenvalue weighted by molar-refractivity contribution is 7.84. The fourth-order valence-electron chi connectivity index (χ4n) is 5.60. The van der Waals surface area contributed by atoms with Gasteiger partial charge >= 0.3 is 0 Å². The van der Waals surface area contributed by atoms with E-state index in [0.717, 1.165) is 6.16 Å². The molecule has 6 aromatic rings. The first-order valence-corrected chi connectivity index (χ1v) is 17.1. The lowest BCUT2D eigenvalue weighted by atomic mass is 9.88. The molecule has 42 heavy (non-hydrogen) atoms. The number of nitrogens with one attached hydrogen (secondary N) is 1. The Morgan fingerprint density at radius 2 is 1.12 bits per heavy atom. The summed E-state index contributed by atoms with van der Waals surface area (Å²) in [7, 11) is -1.98. The third-order valence-corrected chi connectivity index (χ3v) is 11.9. The van der Waals surface area contributed by atoms with Gasteiger partial charge in [-0.05, 0) is 89.8 Å². The van der Waals surface area contributed by atoms with Gasteiger partial charge in [0.1, 0.15) is 0 Å². The highest BCUT2D eigenvalue weighted by Crippen LogP contribution is 2.43. The minimum Gasteiger partial charge on any atom is -0.242 e. The summed E-state index contributed by atoms with van der Waals surface area (Å²) >= 11 is 0. The van der Waals surface area contributed by atoms with Crippen LogP contribution in [0.4, 0.5) is 0 Å². The van der Waals surface area contributed by atoms with Gasteiger partial charge in [-0.2, -0.15) is 0 Å². The fraction of sp³-hybridized carbons (Fsp3) is 0.158. The Morgan fingerprint density at radius 1 is 0.643 bits per heavy atom. The Morgan fingerprint density at radius 3 is 1.67 bits per heavy atom. The first kappa shape index (κ1) is 28.5. The molecule has 0 aromatic heterocycles. The Bertz CT molecular complexity index is 1750. The number of hydrogen-bond donors (Lipinski definition) is 1. The summed E-state index contributed by atoms with van der Waals surface area (Å²) in [5.41, 5.74) is 3.59. The standard InChI is InChI=1S/C38H36NOPS/c1-38(2,3)42(40)39-36(27-41(30-18-6-4-7-19-30)31-20-8-5-9-21-31)34-24-14-15-25-35(34)37-32-22-12-10-16-28(32)26-29-17-11-13-23-33(29)37/h4-26,36,39H,27H2,1-3H3. The maximum Gasteiger partial charge on any atom is 0.0976 e. The lowest BCUT2D eigenvalue weighted by Gasteiger charge is -2.30. The van der Waals surface area contributed by atoms with E-state index < -0.39 is 23.7 Å². The minimum absolute atomic E-state index is 0.134. The molecule has 0 amide bonds. The lowest BCUT2D eigenvalue weighted by Crippen LogP contribution is -2.37. The van der Waals surface area contributed by atoms with Gasteiger partial charge in [0, 0.05) is 6.04 Å². The summed E-state index contributed by atoms with van der Waals surface area (Å²) in [6.45, 7) is 6.11. The molecule has 0 spiro atoms. The van der Waals surface area contributed by atoms with Crippen LogP contribution in [0.2, 0.25) is 0 Å². The van der Waals surface area contributed by atoms with E-state index in [-0.39, 0.29) is 6.04 Å². The molecule has 1 N–H and O–H groups in total. The summed E-state index contributed by atoms with van der Waals surface area (Å²) in [6, 6.07) is 49.8. The van der Waals surface area contributed by atoms with E-state index in [2.05, 4.69) is 144 Å². The molecule has 4 heteroatoms. The van der Waals surface area contributed by atoms with E-state index in [0.29, 0.717) is 0 Å². The van der Waals surface area contributed by atoms with Crippen molar-refractivity contribution in [3.63, 3.8) is 0 Å². The van der Waals surface area contributed by atoms with E-state index >= 15 is 0 Å². The summed E-state index contributed by atoms with van der Waals surface area (Å²) in [5.74, 6) is 0. The van der Waals surface area contributed by atoms with Crippen LogP contribution in [0.25, 0.3) is 32.7 Å². The predicted molar refractivity (Wildman–Crippen MR) is 185 cm³/mol. The molecule has 6 aromatic carbocycles. The molecule has 0 bridgehead atoms. The first-order chi connectivity index (χ1) is 20.4. The van der Waals surface area contributed by atoms with Crippen molar-refractivity contribution in [2.24, 2.45) is 0 Å². The van der Waals surface area contributed by atoms with Gasteiger partial charge in [0.25, 0.3) is 0 Å². The van der Waals surface area contributed by atoms with Crippen LogP contribution < -0.4 is 15.3 Å². The average Bonchev–Trinajstić information content (AvgIpc) is 3.02. The molecule has 0 aliphatic rings. The van der Waals surface area contributed by atoms with Crippen molar-refractivity contribution in [1.82, 2.24) is 4.72 Å². The van der Waals surface area contributed by atoms with E-state index in [1.165, 1.54) is 48.8 Å². The van der Waals surface area contributed by atoms with Crippen LogP contribution in [-0.4, -0.2) is 15.1 Å². The molecule has 2 unspecified atom stereocenters. The molecule has 2 atom stereocenters. The van der Waals surface area contributed by atoms with Gasteiger partial charge in [-0.15, -0.1) is 0 Å². The molecular formula is C38H36NOPS. The summed E-state index contributed by atoms with van der Waals surface area (Å²) in [4.78, 5) is 0. The van der Waals surface area contributed by atoms with Crippen molar-refractivity contribution in [3.8, 4) is 11.1 Å². The molecular weight excluding hydrogens is 549 g/mol. The Balaban J connectivity index is 1.56.